The molecule has 1 amide bonds. The maximum absolute atomic E-state index is 15.3. The van der Waals surface area contributed by atoms with Crippen molar-refractivity contribution in [2.24, 2.45) is 5.92 Å². The molecule has 50 heavy (non-hydrogen) atoms. The number of hydrogen-bond donors (Lipinski definition) is 1. The number of fused-ring (bicyclic) bond motifs is 3. The fourth-order valence-corrected chi connectivity index (χ4v) is 7.55. The van der Waals surface area contributed by atoms with E-state index in [1.807, 2.05) is 0 Å². The Morgan fingerprint density at radius 1 is 1.02 bits per heavy atom. The van der Waals surface area contributed by atoms with Gasteiger partial charge in [-0.3, -0.25) is 15.0 Å². The number of para-hydroxylation sites is 1. The highest BCUT2D eigenvalue weighted by Gasteiger charge is 2.38. The molecule has 0 aliphatic carbocycles. The van der Waals surface area contributed by atoms with Gasteiger partial charge in [-0.2, -0.15) is 0 Å². The molecular weight excluding hydrogens is 688 g/mol. The molecule has 2 atom stereocenters. The van der Waals surface area contributed by atoms with Gasteiger partial charge in [0.05, 0.1) is 32.4 Å². The lowest BCUT2D eigenvalue weighted by atomic mass is 9.82. The number of pyridine rings is 1. The molecule has 7 rings (SSSR count). The summed E-state index contributed by atoms with van der Waals surface area (Å²) in [6.07, 6.45) is 3.48. The van der Waals surface area contributed by atoms with Crippen LogP contribution in [-0.2, 0) is 17.7 Å². The molecule has 2 bridgehead atoms. The molecule has 3 aliphatic rings. The molecular formula is C37H36Cl2FN3O7. The third kappa shape index (κ3) is 7.45. The van der Waals surface area contributed by atoms with E-state index < -0.39 is 23.8 Å². The minimum absolute atomic E-state index is 0.0286. The molecule has 262 valence electrons. The summed E-state index contributed by atoms with van der Waals surface area (Å²) in [5, 5.41) is 22.9. The van der Waals surface area contributed by atoms with Crippen molar-refractivity contribution in [3.8, 4) is 11.5 Å². The Morgan fingerprint density at radius 3 is 2.34 bits per heavy atom. The second-order valence-electron chi connectivity index (χ2n) is 12.5. The number of hydrogen-bond acceptors (Lipinski definition) is 8. The number of rotatable bonds is 11. The number of ether oxygens (including phenoxy) is 3. The van der Waals surface area contributed by atoms with Crippen LogP contribution in [0.25, 0.3) is 0 Å². The number of amides is 1. The van der Waals surface area contributed by atoms with E-state index in [4.69, 9.17) is 37.4 Å². The summed E-state index contributed by atoms with van der Waals surface area (Å²) < 4.78 is 33.1. The van der Waals surface area contributed by atoms with Gasteiger partial charge in [-0.15, -0.1) is 0 Å². The molecule has 4 aromatic rings. The fourth-order valence-electron chi connectivity index (χ4n) is 6.94. The number of carboxylic acids is 1. The van der Waals surface area contributed by atoms with Gasteiger partial charge in [0.2, 0.25) is 12.4 Å². The number of aromatic nitrogens is 1. The van der Waals surface area contributed by atoms with Gasteiger partial charge in [-0.25, -0.2) is 9.18 Å². The monoisotopic (exact) mass is 723 g/mol. The van der Waals surface area contributed by atoms with Gasteiger partial charge in [0.15, 0.2) is 11.5 Å². The molecule has 1 N–H and O–H groups in total. The zero-order chi connectivity index (χ0) is 35.5. The summed E-state index contributed by atoms with van der Waals surface area (Å²) in [5.74, 6) is -1.65. The average molecular weight is 725 g/mol. The highest BCUT2D eigenvalue weighted by molar-refractivity contribution is 6.35. The summed E-state index contributed by atoms with van der Waals surface area (Å²) >= 11 is 13.1. The first-order chi connectivity index (χ1) is 24.1. The summed E-state index contributed by atoms with van der Waals surface area (Å²) in [4.78, 5) is 30.0. The number of piperidine rings is 3. The normalized spacial score (nSPS) is 18.7. The van der Waals surface area contributed by atoms with E-state index >= 15 is 4.39 Å². The van der Waals surface area contributed by atoms with E-state index in [9.17, 15) is 19.9 Å². The van der Waals surface area contributed by atoms with Crippen molar-refractivity contribution in [1.82, 2.24) is 4.90 Å². The smallest absolute Gasteiger partial charge is 0.415 e. The predicted molar refractivity (Wildman–Crippen MR) is 182 cm³/mol. The minimum atomic E-state index is -1.43. The third-order valence-electron chi connectivity index (χ3n) is 9.55. The minimum Gasteiger partial charge on any atom is -0.545 e. The Labute approximate surface area is 299 Å². The van der Waals surface area contributed by atoms with Crippen LogP contribution in [0.3, 0.4) is 0 Å². The van der Waals surface area contributed by atoms with Crippen LogP contribution < -0.4 is 24.2 Å². The summed E-state index contributed by atoms with van der Waals surface area (Å²) in [7, 11) is 2.99. The van der Waals surface area contributed by atoms with Crippen LogP contribution in [0, 0.1) is 11.7 Å². The molecule has 0 radical (unpaired) electrons. The van der Waals surface area contributed by atoms with E-state index in [0.717, 1.165) is 30.7 Å². The first kappa shape index (κ1) is 35.3. The van der Waals surface area contributed by atoms with Crippen molar-refractivity contribution in [2.75, 3.05) is 38.8 Å². The van der Waals surface area contributed by atoms with Gasteiger partial charge >= 0.3 is 6.09 Å². The van der Waals surface area contributed by atoms with Crippen LogP contribution in [0.2, 0.25) is 10.0 Å². The van der Waals surface area contributed by atoms with Gasteiger partial charge in [0, 0.05) is 28.3 Å². The third-order valence-corrected chi connectivity index (χ3v) is 10.2. The standard InChI is InChI=1S/C37H36Cl2FN3O7/c1-48-33-10-8-24(16-34(33)49-2)26(17-28-29(38)19-42(47)20-30(28)39)27-15-22(7-9-25(27)36(44)45)18-43(32-6-4-3-5-31(32)40)37(46)50-35-21-41-13-11-23(35)12-14-41/h3-10,15-16,19-20,23,26,35H,11-14,17-18,21H2,1-2H3,(H-,44,45,47)/t26-,35-/m0/s1. The Balaban J connectivity index is 1.43. The number of nitrogens with zero attached hydrogens (tertiary/aromatic N) is 3. The van der Waals surface area contributed by atoms with Crippen LogP contribution in [-0.4, -0.2) is 62.1 Å². The maximum Gasteiger partial charge on any atom is 0.415 e. The van der Waals surface area contributed by atoms with E-state index in [2.05, 4.69) is 4.90 Å². The Kier molecular flexibility index (Phi) is 10.7. The second kappa shape index (κ2) is 15.1. The van der Waals surface area contributed by atoms with Crippen molar-refractivity contribution in [3.63, 3.8) is 0 Å². The van der Waals surface area contributed by atoms with Gasteiger partial charge in [0.25, 0.3) is 0 Å². The lowest BCUT2D eigenvalue weighted by molar-refractivity contribution is -0.904. The number of halogens is 3. The van der Waals surface area contributed by atoms with Crippen molar-refractivity contribution in [2.45, 2.75) is 37.8 Å². The number of anilines is 1. The molecule has 13 heteroatoms. The zero-order valence-corrected chi connectivity index (χ0v) is 29.0. The predicted octanol–water partition coefficient (Wildman–Crippen LogP) is 5.65. The number of methoxy groups -OCH3 is 2. The lowest BCUT2D eigenvalue weighted by Gasteiger charge is -2.44. The number of carboxylic acid groups (broad SMARTS) is 1. The molecule has 0 spiro atoms. The van der Waals surface area contributed by atoms with Crippen LogP contribution in [0.4, 0.5) is 14.9 Å². The van der Waals surface area contributed by atoms with Crippen LogP contribution in [0.5, 0.6) is 11.5 Å². The van der Waals surface area contributed by atoms with Crippen molar-refractivity contribution >= 4 is 41.0 Å². The highest BCUT2D eigenvalue weighted by atomic mass is 35.5. The van der Waals surface area contributed by atoms with E-state index in [-0.39, 0.29) is 46.3 Å². The fraction of sp³-hybridized carbons (Fsp3) is 0.324. The van der Waals surface area contributed by atoms with Gasteiger partial charge in [0.1, 0.15) is 22.0 Å². The van der Waals surface area contributed by atoms with Crippen molar-refractivity contribution in [1.29, 1.82) is 0 Å². The van der Waals surface area contributed by atoms with E-state index in [1.165, 1.54) is 55.8 Å². The van der Waals surface area contributed by atoms with E-state index in [0.29, 0.717) is 40.3 Å². The molecule has 3 aromatic carbocycles. The molecule has 4 heterocycles. The molecule has 3 saturated heterocycles. The molecule has 0 saturated carbocycles. The average Bonchev–Trinajstić information content (AvgIpc) is 3.10. The largest absolute Gasteiger partial charge is 0.545 e. The van der Waals surface area contributed by atoms with Gasteiger partial charge < -0.3 is 24.1 Å². The SMILES string of the molecule is COc1ccc([C@H](Cc2c(Cl)c[n+](O)cc2Cl)c2cc(CN(C(=O)O[C@H]3CN4CCC3CC4)c3ccccc3F)ccc2C(=O)[O-])cc1OC. The van der Waals surface area contributed by atoms with Gasteiger partial charge in [-0.1, -0.05) is 59.6 Å². The molecule has 1 aromatic heterocycles. The van der Waals surface area contributed by atoms with Gasteiger partial charge in [-0.05, 0) is 79.2 Å². The zero-order valence-electron chi connectivity index (χ0n) is 27.5. The Bertz CT molecular complexity index is 1880. The first-order valence-corrected chi connectivity index (χ1v) is 16.9. The van der Waals surface area contributed by atoms with Crippen molar-refractivity contribution in [3.05, 3.63) is 117 Å². The summed E-state index contributed by atoms with van der Waals surface area (Å²) in [6.45, 7) is 2.42. The number of carbonyl (C=O) groups excluding carboxylic acids is 2. The van der Waals surface area contributed by atoms with Crippen molar-refractivity contribution < 1.29 is 43.2 Å². The number of carbonyl (C=O) groups is 2. The number of aromatic carboxylic acids is 1. The Morgan fingerprint density at radius 2 is 1.72 bits per heavy atom. The lowest BCUT2D eigenvalue weighted by Crippen LogP contribution is -2.53. The van der Waals surface area contributed by atoms with Crippen LogP contribution in [0.1, 0.15) is 51.4 Å². The highest BCUT2D eigenvalue weighted by Crippen LogP contribution is 2.39. The molecule has 10 nitrogen and oxygen atoms in total. The Hall–Kier alpha value is -4.58. The summed E-state index contributed by atoms with van der Waals surface area (Å²) in [5.41, 5.74) is 1.82. The van der Waals surface area contributed by atoms with Crippen LogP contribution >= 0.6 is 23.2 Å². The molecule has 3 aliphatic heterocycles. The maximum atomic E-state index is 15.3. The summed E-state index contributed by atoms with van der Waals surface area (Å²) in [6, 6.07) is 15.8. The van der Waals surface area contributed by atoms with E-state index in [1.54, 1.807) is 36.4 Å². The number of benzene rings is 3. The van der Waals surface area contributed by atoms with Crippen LogP contribution in [0.15, 0.2) is 73.1 Å². The first-order valence-electron chi connectivity index (χ1n) is 16.2. The quantitative estimate of drug-likeness (QED) is 0.156. The molecule has 0 unspecified atom stereocenters. The molecule has 3 fully saturated rings. The topological polar surface area (TPSA) is 115 Å². The second-order valence-corrected chi connectivity index (χ2v) is 13.3.